The molecule has 63 heavy (non-hydrogen) atoms. The Bertz CT molecular complexity index is 1460. The summed E-state index contributed by atoms with van der Waals surface area (Å²) in [5.41, 5.74) is 0. The maximum absolute atomic E-state index is 12.8. The van der Waals surface area contributed by atoms with Gasteiger partial charge in [0.2, 0.25) is 0 Å². The second kappa shape index (κ2) is 36.3. The molecule has 1 aliphatic carbocycles. The number of ether oxygens (including phenoxy) is 2. The van der Waals surface area contributed by atoms with E-state index in [1.165, 1.54) is 0 Å². The first kappa shape index (κ1) is 58.1. The van der Waals surface area contributed by atoms with Crippen LogP contribution in [0.5, 0.6) is 0 Å². The molecule has 0 bridgehead atoms. The van der Waals surface area contributed by atoms with Crippen molar-refractivity contribution in [2.24, 2.45) is 11.8 Å². The fraction of sp³-hybridized carbons (Fsp3) is 0.680. The molecule has 0 spiro atoms. The van der Waals surface area contributed by atoms with E-state index in [9.17, 15) is 34.4 Å². The lowest BCUT2D eigenvalue weighted by Gasteiger charge is -2.24. The van der Waals surface area contributed by atoms with Crippen LogP contribution in [0, 0.1) is 11.8 Å². The van der Waals surface area contributed by atoms with E-state index >= 15 is 0 Å². The van der Waals surface area contributed by atoms with Gasteiger partial charge in [-0.15, -0.1) is 0 Å². The summed E-state index contributed by atoms with van der Waals surface area (Å²) in [6.45, 7) is 3.87. The highest BCUT2D eigenvalue weighted by atomic mass is 31.2. The Morgan fingerprint density at radius 3 is 1.95 bits per heavy atom. The van der Waals surface area contributed by atoms with Crippen molar-refractivity contribution < 1.29 is 57.4 Å². The van der Waals surface area contributed by atoms with E-state index in [1.54, 1.807) is 6.08 Å². The van der Waals surface area contributed by atoms with Crippen LogP contribution in [-0.2, 0) is 32.7 Å². The van der Waals surface area contributed by atoms with Crippen LogP contribution in [0.2, 0.25) is 0 Å². The molecule has 13 heteroatoms. The number of likely N-dealkylation sites (N-methyl/N-ethyl adjacent to an activating group) is 1. The van der Waals surface area contributed by atoms with Crippen molar-refractivity contribution in [2.45, 2.75) is 160 Å². The molecule has 12 nitrogen and oxygen atoms in total. The molecule has 0 saturated heterocycles. The molecule has 4 N–H and O–H groups in total. The number of carbonyl (C=O) groups excluding carboxylic acids is 2. The lowest BCUT2D eigenvalue weighted by molar-refractivity contribution is -0.870. The zero-order chi connectivity index (χ0) is 46.6. The van der Waals surface area contributed by atoms with E-state index in [2.05, 4.69) is 74.6 Å². The number of carbonyl (C=O) groups is 2. The average Bonchev–Trinajstić information content (AvgIpc) is 3.50. The molecule has 1 saturated carbocycles. The summed E-state index contributed by atoms with van der Waals surface area (Å²) in [5, 5.41) is 31.4. The van der Waals surface area contributed by atoms with Crippen LogP contribution >= 0.6 is 7.82 Å². The van der Waals surface area contributed by atoms with E-state index in [4.69, 9.17) is 18.5 Å². The van der Waals surface area contributed by atoms with E-state index in [-0.39, 0.29) is 37.9 Å². The highest BCUT2D eigenvalue weighted by Crippen LogP contribution is 2.43. The van der Waals surface area contributed by atoms with Gasteiger partial charge in [0, 0.05) is 25.2 Å². The summed E-state index contributed by atoms with van der Waals surface area (Å²) in [4.78, 5) is 35.6. The standard InChI is InChI=1S/C50H84NO11P/c1-6-8-10-11-12-13-14-15-16-17-18-19-20-21-22-23-24-25-31-35-50(56)62-44(42-61-63(57,58)60-39-38-51(3,4)5)41-59-49(55)34-30-27-26-29-33-45-46(48(54)40-47(45)53)37-36-43(52)32-28-9-7-2/h8,10,12-13,15-16,18-19,21-22,26,29,36-37,43-48,52-54H,6-7,9,11,14,17,20,23-25,27-28,30-35,38-42H2,1-5H3/p+1/b10-8-,13-12-,16-15-,19-18-,22-21-,29-26+,37-36+/t43-,44+,45+,46+,47-,48+/m0/s1. The molecular formula is C50H85NO11P+. The van der Waals surface area contributed by atoms with E-state index < -0.39 is 50.8 Å². The molecular weight excluding hydrogens is 822 g/mol. The minimum atomic E-state index is -4.45. The number of nitrogens with zero attached hydrogens (tertiary/aromatic N) is 1. The molecule has 0 heterocycles. The third kappa shape index (κ3) is 33.2. The van der Waals surface area contributed by atoms with Gasteiger partial charge in [0.15, 0.2) is 6.10 Å². The van der Waals surface area contributed by atoms with Gasteiger partial charge in [-0.3, -0.25) is 18.6 Å². The molecule has 1 aliphatic rings. The van der Waals surface area contributed by atoms with Gasteiger partial charge in [0.05, 0.1) is 46.1 Å². The van der Waals surface area contributed by atoms with E-state index in [0.29, 0.717) is 49.6 Å². The molecule has 0 aromatic carbocycles. The summed E-state index contributed by atoms with van der Waals surface area (Å²) in [5.74, 6) is -1.45. The normalized spacial score (nSPS) is 20.7. The fourth-order valence-electron chi connectivity index (χ4n) is 6.74. The first-order valence-electron chi connectivity index (χ1n) is 23.6. The van der Waals surface area contributed by atoms with Crippen LogP contribution in [0.1, 0.15) is 136 Å². The van der Waals surface area contributed by atoms with Crippen molar-refractivity contribution in [1.82, 2.24) is 0 Å². The van der Waals surface area contributed by atoms with Crippen molar-refractivity contribution in [3.8, 4) is 0 Å². The Labute approximate surface area is 380 Å². The van der Waals surface area contributed by atoms with Crippen LogP contribution in [0.4, 0.5) is 0 Å². The maximum Gasteiger partial charge on any atom is 0.472 e. The Morgan fingerprint density at radius 1 is 0.714 bits per heavy atom. The number of aliphatic hydroxyl groups excluding tert-OH is 3. The van der Waals surface area contributed by atoms with Crippen molar-refractivity contribution >= 4 is 19.8 Å². The number of rotatable bonds is 37. The van der Waals surface area contributed by atoms with E-state index in [0.717, 1.165) is 70.6 Å². The highest BCUT2D eigenvalue weighted by Gasteiger charge is 2.39. The number of esters is 2. The van der Waals surface area contributed by atoms with Crippen molar-refractivity contribution in [2.75, 3.05) is 47.5 Å². The van der Waals surface area contributed by atoms with Crippen LogP contribution in [0.3, 0.4) is 0 Å². The molecule has 7 atom stereocenters. The zero-order valence-electron chi connectivity index (χ0n) is 39.4. The number of unbranched alkanes of at least 4 members (excludes halogenated alkanes) is 6. The molecule has 1 unspecified atom stereocenters. The first-order chi connectivity index (χ1) is 30.2. The lowest BCUT2D eigenvalue weighted by atomic mass is 9.89. The Kier molecular flexibility index (Phi) is 33.5. The number of hydrogen-bond donors (Lipinski definition) is 4. The summed E-state index contributed by atoms with van der Waals surface area (Å²) in [6, 6.07) is 0. The number of hydrogen-bond acceptors (Lipinski definition) is 10. The number of phosphoric ester groups is 1. The van der Waals surface area contributed by atoms with Gasteiger partial charge in [-0.05, 0) is 83.0 Å². The number of phosphoric acid groups is 1. The summed E-state index contributed by atoms with van der Waals surface area (Å²) >= 11 is 0. The Balaban J connectivity index is 2.50. The molecule has 0 aromatic heterocycles. The minimum absolute atomic E-state index is 0.0189. The number of aliphatic hydroxyl groups is 3. The summed E-state index contributed by atoms with van der Waals surface area (Å²) < 4.78 is 34.3. The van der Waals surface area contributed by atoms with Gasteiger partial charge in [0.25, 0.3) is 0 Å². The molecule has 1 fully saturated rings. The molecule has 360 valence electrons. The van der Waals surface area contributed by atoms with Crippen molar-refractivity contribution in [3.05, 3.63) is 85.1 Å². The van der Waals surface area contributed by atoms with Crippen LogP contribution < -0.4 is 0 Å². The average molecular weight is 907 g/mol. The van der Waals surface area contributed by atoms with Crippen molar-refractivity contribution in [3.63, 3.8) is 0 Å². The van der Waals surface area contributed by atoms with Gasteiger partial charge in [-0.25, -0.2) is 4.57 Å². The van der Waals surface area contributed by atoms with Gasteiger partial charge in [0.1, 0.15) is 19.8 Å². The third-order valence-corrected chi connectivity index (χ3v) is 11.5. The lowest BCUT2D eigenvalue weighted by Crippen LogP contribution is -2.37. The first-order valence-corrected chi connectivity index (χ1v) is 25.1. The van der Waals surface area contributed by atoms with Crippen molar-refractivity contribution in [1.29, 1.82) is 0 Å². The topological polar surface area (TPSA) is 169 Å². The quantitative estimate of drug-likeness (QED) is 0.0154. The zero-order valence-corrected chi connectivity index (χ0v) is 40.2. The fourth-order valence-corrected chi connectivity index (χ4v) is 7.48. The smallest absolute Gasteiger partial charge is 0.462 e. The number of allylic oxidation sites excluding steroid dienone is 12. The van der Waals surface area contributed by atoms with Gasteiger partial charge in [-0.1, -0.05) is 125 Å². The summed E-state index contributed by atoms with van der Waals surface area (Å²) in [6.07, 6.45) is 40.1. The Hall–Kier alpha value is -2.93. The van der Waals surface area contributed by atoms with Crippen LogP contribution in [0.15, 0.2) is 85.1 Å². The molecule has 0 radical (unpaired) electrons. The monoisotopic (exact) mass is 907 g/mol. The number of quaternary nitrogens is 1. The largest absolute Gasteiger partial charge is 0.472 e. The molecule has 0 amide bonds. The SMILES string of the molecule is CC/C=C\C/C=C\C/C=C\C/C=C\C/C=C\CCCCCC(=O)O[C@H](COC(=O)CCC/C=C/C[C@@H]1[C@@H](/C=C/[C@@H](O)CCCCC)[C@H](O)C[C@@H]1O)COP(=O)(O)OCC[N+](C)(C)C. The highest BCUT2D eigenvalue weighted by molar-refractivity contribution is 7.47. The third-order valence-electron chi connectivity index (χ3n) is 10.5. The predicted octanol–water partition coefficient (Wildman–Crippen LogP) is 9.95. The second-order valence-corrected chi connectivity index (χ2v) is 18.8. The predicted molar refractivity (Wildman–Crippen MR) is 254 cm³/mol. The van der Waals surface area contributed by atoms with Gasteiger partial charge < -0.3 is 34.2 Å². The minimum Gasteiger partial charge on any atom is -0.462 e. The molecule has 1 rings (SSSR count). The van der Waals surface area contributed by atoms with Gasteiger partial charge >= 0.3 is 19.8 Å². The van der Waals surface area contributed by atoms with E-state index in [1.807, 2.05) is 39.4 Å². The molecule has 0 aliphatic heterocycles. The summed E-state index contributed by atoms with van der Waals surface area (Å²) in [7, 11) is 1.31. The maximum atomic E-state index is 12.8. The second-order valence-electron chi connectivity index (χ2n) is 17.4. The Morgan fingerprint density at radius 2 is 1.32 bits per heavy atom. The van der Waals surface area contributed by atoms with Crippen LogP contribution in [-0.4, -0.2) is 109 Å². The molecule has 0 aromatic rings. The van der Waals surface area contributed by atoms with Gasteiger partial charge in [-0.2, -0.15) is 0 Å². The van der Waals surface area contributed by atoms with Crippen LogP contribution in [0.25, 0.3) is 0 Å².